The van der Waals surface area contributed by atoms with Crippen LogP contribution >= 0.6 is 34.8 Å². The number of alkyl halides is 6. The minimum Gasteiger partial charge on any atom is -0.478 e. The first kappa shape index (κ1) is 25.9. The molecule has 0 saturated carbocycles. The van der Waals surface area contributed by atoms with E-state index in [4.69, 9.17) is 39.9 Å². The molecule has 1 N–H and O–H groups in total. The van der Waals surface area contributed by atoms with Crippen molar-refractivity contribution in [1.29, 1.82) is 0 Å². The summed E-state index contributed by atoms with van der Waals surface area (Å²) in [4.78, 5) is 21.0. The van der Waals surface area contributed by atoms with Crippen LogP contribution in [-0.2, 0) is 12.4 Å². The van der Waals surface area contributed by atoms with Crippen molar-refractivity contribution in [2.45, 2.75) is 12.4 Å². The molecule has 164 valence electrons. The Morgan fingerprint density at radius 1 is 0.733 bits per heavy atom. The van der Waals surface area contributed by atoms with Gasteiger partial charge in [-0.25, -0.2) is 13.6 Å². The van der Waals surface area contributed by atoms with Crippen molar-refractivity contribution in [1.82, 2.24) is 0 Å². The molecule has 2 aromatic carbocycles. The Bertz CT molecular complexity index is 908. The Kier molecular flexibility index (Phi) is 8.09. The maximum Gasteiger partial charge on any atom is 0.416 e. The molecule has 0 fully saturated rings. The van der Waals surface area contributed by atoms with E-state index < -0.39 is 67.5 Å². The second-order valence-corrected chi connectivity index (χ2v) is 6.37. The molecule has 0 aliphatic rings. The molecule has 0 aliphatic carbocycles. The lowest BCUT2D eigenvalue weighted by Gasteiger charge is -2.09. The number of rotatable bonds is 2. The van der Waals surface area contributed by atoms with Crippen molar-refractivity contribution < 1.29 is 49.8 Å². The minimum atomic E-state index is -4.76. The molecule has 0 saturated heterocycles. The number of halogens is 11. The molecular weight excluding hydrogens is 499 g/mol. The molecule has 0 aliphatic heterocycles. The van der Waals surface area contributed by atoms with E-state index in [0.717, 1.165) is 0 Å². The normalized spacial score (nSPS) is 11.6. The number of carboxylic acid groups (broad SMARTS) is 1. The van der Waals surface area contributed by atoms with Gasteiger partial charge in [-0.3, -0.25) is 4.79 Å². The summed E-state index contributed by atoms with van der Waals surface area (Å²) in [5.74, 6) is -4.44. The quantitative estimate of drug-likeness (QED) is 0.352. The third kappa shape index (κ3) is 6.44. The number of carboxylic acids is 1. The molecule has 0 unspecified atom stereocenters. The van der Waals surface area contributed by atoms with Gasteiger partial charge in [0.05, 0.1) is 32.3 Å². The maximum absolute atomic E-state index is 13.0. The van der Waals surface area contributed by atoms with Crippen LogP contribution in [0.1, 0.15) is 31.8 Å². The van der Waals surface area contributed by atoms with Crippen LogP contribution < -0.4 is 0 Å². The van der Waals surface area contributed by atoms with Crippen molar-refractivity contribution in [3.05, 3.63) is 68.2 Å². The van der Waals surface area contributed by atoms with Gasteiger partial charge in [0.25, 0.3) is 5.24 Å². The van der Waals surface area contributed by atoms with Crippen LogP contribution in [0.25, 0.3) is 0 Å². The SMILES string of the molecule is O=C(Cl)c1cc(C(F)(F)F)cc(Cl)c1F.O=C(O)c1cc(C(F)(F)F)cc(Cl)c1F. The van der Waals surface area contributed by atoms with E-state index in [2.05, 4.69) is 0 Å². The Morgan fingerprint density at radius 2 is 1.07 bits per heavy atom. The zero-order valence-corrected chi connectivity index (χ0v) is 16.0. The molecule has 0 spiro atoms. The zero-order valence-electron chi connectivity index (χ0n) is 13.7. The van der Waals surface area contributed by atoms with E-state index in [1.165, 1.54) is 0 Å². The Balaban J connectivity index is 0.000000300. The second-order valence-electron chi connectivity index (χ2n) is 5.21. The molecule has 0 bridgehead atoms. The van der Waals surface area contributed by atoms with Crippen LogP contribution in [0.2, 0.25) is 10.0 Å². The molecule has 14 heteroatoms. The molecular formula is C16H5Cl3F8O3. The first-order chi connectivity index (χ1) is 13.5. The third-order valence-electron chi connectivity index (χ3n) is 3.15. The predicted octanol–water partition coefficient (Wildman–Crippen LogP) is 7.07. The highest BCUT2D eigenvalue weighted by molar-refractivity contribution is 6.67. The average molecular weight is 504 g/mol. The lowest BCUT2D eigenvalue weighted by atomic mass is 10.1. The minimum absolute atomic E-state index is 0.198. The number of aromatic carboxylic acids is 1. The lowest BCUT2D eigenvalue weighted by Crippen LogP contribution is -2.09. The maximum atomic E-state index is 13.0. The molecule has 0 radical (unpaired) electrons. The number of hydrogen-bond acceptors (Lipinski definition) is 2. The monoisotopic (exact) mass is 502 g/mol. The lowest BCUT2D eigenvalue weighted by molar-refractivity contribution is -0.138. The highest BCUT2D eigenvalue weighted by Crippen LogP contribution is 2.34. The van der Waals surface area contributed by atoms with Gasteiger partial charge in [0.15, 0.2) is 11.6 Å². The summed E-state index contributed by atoms with van der Waals surface area (Å²) in [5, 5.41) is 5.41. The highest BCUT2D eigenvalue weighted by Gasteiger charge is 2.34. The molecule has 0 atom stereocenters. The molecule has 0 aromatic heterocycles. The van der Waals surface area contributed by atoms with Crippen molar-refractivity contribution in [2.75, 3.05) is 0 Å². The summed E-state index contributed by atoms with van der Waals surface area (Å²) < 4.78 is 99.1. The van der Waals surface area contributed by atoms with Gasteiger partial charge >= 0.3 is 18.3 Å². The molecule has 2 aromatic rings. The number of hydrogen-bond donors (Lipinski definition) is 1. The van der Waals surface area contributed by atoms with E-state index in [1.54, 1.807) is 0 Å². The molecule has 0 amide bonds. The summed E-state index contributed by atoms with van der Waals surface area (Å²) in [7, 11) is 0. The molecule has 0 heterocycles. The topological polar surface area (TPSA) is 54.4 Å². The van der Waals surface area contributed by atoms with Gasteiger partial charge in [-0.15, -0.1) is 0 Å². The van der Waals surface area contributed by atoms with Crippen LogP contribution in [0.3, 0.4) is 0 Å². The van der Waals surface area contributed by atoms with Crippen molar-refractivity contribution in [3.8, 4) is 0 Å². The summed E-state index contributed by atoms with van der Waals surface area (Å²) in [5.41, 5.74) is -4.52. The molecule has 30 heavy (non-hydrogen) atoms. The Hall–Kier alpha value is -2.11. The van der Waals surface area contributed by atoms with Crippen LogP contribution in [0.5, 0.6) is 0 Å². The van der Waals surface area contributed by atoms with E-state index in [1.807, 2.05) is 0 Å². The van der Waals surface area contributed by atoms with Gasteiger partial charge in [0.2, 0.25) is 0 Å². The highest BCUT2D eigenvalue weighted by atomic mass is 35.5. The fourth-order valence-electron chi connectivity index (χ4n) is 1.80. The van der Waals surface area contributed by atoms with E-state index in [9.17, 15) is 44.7 Å². The summed E-state index contributed by atoms with van der Waals surface area (Å²) in [6.07, 6.45) is -9.47. The first-order valence-electron chi connectivity index (χ1n) is 7.02. The van der Waals surface area contributed by atoms with Crippen LogP contribution in [0, 0.1) is 11.6 Å². The fraction of sp³-hybridized carbons (Fsp3) is 0.125. The predicted molar refractivity (Wildman–Crippen MR) is 90.0 cm³/mol. The van der Waals surface area contributed by atoms with Crippen LogP contribution in [0.15, 0.2) is 24.3 Å². The zero-order chi connectivity index (χ0) is 23.6. The Labute approximate surface area is 176 Å². The van der Waals surface area contributed by atoms with Crippen LogP contribution in [0.4, 0.5) is 35.1 Å². The van der Waals surface area contributed by atoms with Crippen molar-refractivity contribution in [2.24, 2.45) is 0 Å². The largest absolute Gasteiger partial charge is 0.478 e. The molecule has 3 nitrogen and oxygen atoms in total. The number of carbonyl (C=O) groups excluding carboxylic acids is 1. The van der Waals surface area contributed by atoms with Gasteiger partial charge < -0.3 is 5.11 Å². The van der Waals surface area contributed by atoms with Gasteiger partial charge in [-0.2, -0.15) is 26.3 Å². The summed E-state index contributed by atoms with van der Waals surface area (Å²) in [6, 6.07) is 1.24. The van der Waals surface area contributed by atoms with Crippen molar-refractivity contribution >= 4 is 46.0 Å². The van der Waals surface area contributed by atoms with Gasteiger partial charge in [-0.1, -0.05) is 23.2 Å². The van der Waals surface area contributed by atoms with Crippen LogP contribution in [-0.4, -0.2) is 16.3 Å². The summed E-state index contributed by atoms with van der Waals surface area (Å²) in [6.45, 7) is 0. The van der Waals surface area contributed by atoms with E-state index in [0.29, 0.717) is 18.2 Å². The molecule has 2 rings (SSSR count). The van der Waals surface area contributed by atoms with Gasteiger partial charge in [0.1, 0.15) is 0 Å². The third-order valence-corrected chi connectivity index (χ3v) is 3.91. The van der Waals surface area contributed by atoms with Gasteiger partial charge in [0, 0.05) is 0 Å². The average Bonchev–Trinajstić information content (AvgIpc) is 2.57. The number of benzene rings is 2. The van der Waals surface area contributed by atoms with E-state index in [-0.39, 0.29) is 6.07 Å². The van der Waals surface area contributed by atoms with E-state index >= 15 is 0 Å². The standard InChI is InChI=1S/C8H2Cl2F4O.C8H3ClF4O2/c9-5-2-3(8(12,13)14)1-4(6(5)11)7(10)15;9-5-2-3(8(11,12)13)1-4(6(5)10)7(14)15/h1-2H;1-2H,(H,14,15). The van der Waals surface area contributed by atoms with Gasteiger partial charge in [-0.05, 0) is 35.9 Å². The second kappa shape index (κ2) is 9.36. The fourth-order valence-corrected chi connectivity index (χ4v) is 2.38. The summed E-state index contributed by atoms with van der Waals surface area (Å²) >= 11 is 15.2. The smallest absolute Gasteiger partial charge is 0.416 e. The number of carbonyl (C=O) groups is 2. The van der Waals surface area contributed by atoms with Crippen molar-refractivity contribution in [3.63, 3.8) is 0 Å². The first-order valence-corrected chi connectivity index (χ1v) is 8.15. The Morgan fingerprint density at radius 3 is 1.37 bits per heavy atom.